The van der Waals surface area contributed by atoms with Crippen LogP contribution in [-0.2, 0) is 4.79 Å². The summed E-state index contributed by atoms with van der Waals surface area (Å²) in [5.41, 5.74) is 1.62. The zero-order chi connectivity index (χ0) is 25.8. The number of nitrogens with zero attached hydrogens (tertiary/aromatic N) is 2. The van der Waals surface area contributed by atoms with Gasteiger partial charge < -0.3 is 4.90 Å². The number of alkyl halides is 3. The third kappa shape index (κ3) is 4.25. The summed E-state index contributed by atoms with van der Waals surface area (Å²) < 4.78 is 40.2. The van der Waals surface area contributed by atoms with Gasteiger partial charge in [0.25, 0.3) is 0 Å². The average Bonchev–Trinajstić information content (AvgIpc) is 3.23. The minimum atomic E-state index is -4.05. The average molecular weight is 501 g/mol. The van der Waals surface area contributed by atoms with Gasteiger partial charge >= 0.3 is 6.18 Å². The van der Waals surface area contributed by atoms with Crippen molar-refractivity contribution < 1.29 is 18.0 Å². The lowest BCUT2D eigenvalue weighted by Crippen LogP contribution is -2.51. The number of rotatable bonds is 3. The smallest absolute Gasteiger partial charge is 0.339 e. The molecule has 4 aliphatic rings. The molecule has 0 spiro atoms. The van der Waals surface area contributed by atoms with E-state index in [1.165, 1.54) is 0 Å². The van der Waals surface area contributed by atoms with Crippen molar-refractivity contribution in [2.45, 2.75) is 83.9 Å². The van der Waals surface area contributed by atoms with E-state index in [0.29, 0.717) is 42.1 Å². The number of carbonyl (C=O) groups excluding carboxylic acids is 1. The quantitative estimate of drug-likeness (QED) is 0.431. The number of halogens is 3. The van der Waals surface area contributed by atoms with Gasteiger partial charge in [0.05, 0.1) is 23.6 Å². The van der Waals surface area contributed by atoms with Crippen LogP contribution in [0.4, 0.5) is 13.2 Å². The van der Waals surface area contributed by atoms with E-state index in [2.05, 4.69) is 13.0 Å². The molecule has 0 saturated heterocycles. The highest BCUT2D eigenvalue weighted by atomic mass is 19.4. The largest absolute Gasteiger partial charge is 0.391 e. The molecule has 1 aromatic carbocycles. The Labute approximate surface area is 213 Å². The zero-order valence-electron chi connectivity index (χ0n) is 21.7. The monoisotopic (exact) mass is 500 g/mol. The first-order valence-electron chi connectivity index (χ1n) is 13.9. The van der Waals surface area contributed by atoms with E-state index < -0.39 is 12.1 Å². The van der Waals surface area contributed by atoms with Gasteiger partial charge in [0.1, 0.15) is 0 Å². The lowest BCUT2D eigenvalue weighted by atomic mass is 9.49. The first-order valence-corrected chi connectivity index (χ1v) is 13.9. The molecule has 0 radical (unpaired) electrons. The summed E-state index contributed by atoms with van der Waals surface area (Å²) in [7, 11) is 1.90. The fraction of sp³-hybridized carbons (Fsp3) is 0.733. The molecule has 36 heavy (non-hydrogen) atoms. The topological polar surface area (TPSA) is 44.1 Å². The van der Waals surface area contributed by atoms with Gasteiger partial charge in [-0.2, -0.15) is 18.4 Å². The number of hydrogen-bond donors (Lipinski definition) is 0. The van der Waals surface area contributed by atoms with Crippen LogP contribution in [0.1, 0.15) is 88.8 Å². The zero-order valence-corrected chi connectivity index (χ0v) is 21.7. The molecule has 0 N–H and O–H groups in total. The van der Waals surface area contributed by atoms with Crippen molar-refractivity contribution >= 4 is 5.91 Å². The van der Waals surface area contributed by atoms with Crippen LogP contribution in [0.5, 0.6) is 0 Å². The molecule has 0 aromatic heterocycles. The molecule has 9 atom stereocenters. The summed E-state index contributed by atoms with van der Waals surface area (Å²) >= 11 is 0. The highest BCUT2D eigenvalue weighted by Gasteiger charge is 2.59. The normalized spacial score (nSPS) is 38.8. The number of amides is 1. The lowest BCUT2D eigenvalue weighted by molar-refractivity contribution is -0.196. The van der Waals surface area contributed by atoms with E-state index in [-0.39, 0.29) is 29.2 Å². The van der Waals surface area contributed by atoms with E-state index in [1.54, 1.807) is 12.1 Å². The third-order valence-corrected chi connectivity index (χ3v) is 11.2. The third-order valence-electron chi connectivity index (χ3n) is 11.2. The Morgan fingerprint density at radius 1 is 1.03 bits per heavy atom. The van der Waals surface area contributed by atoms with Crippen LogP contribution in [-0.4, -0.2) is 24.0 Å². The molecule has 6 heteroatoms. The molecule has 2 unspecified atom stereocenters. The molecule has 3 nitrogen and oxygen atoms in total. The van der Waals surface area contributed by atoms with Crippen LogP contribution in [0.2, 0.25) is 0 Å². The Balaban J connectivity index is 1.28. The standard InChI is InChI=1S/C30H39F3N2O/c1-18(20-6-4-19(17-34)5-7-20)35(3)28(36)27-13-12-26-25-10-8-21-16-22(30(31,32)33)9-11-23(21)24(25)14-15-29(26,27)2/h4-7,18,21-27H,8-16H2,1-3H3/t18-,21-,22+,23+,24?,25-,26?,27-,29+/m1/s1. The highest BCUT2D eigenvalue weighted by Crippen LogP contribution is 2.65. The van der Waals surface area contributed by atoms with Crippen molar-refractivity contribution in [1.82, 2.24) is 4.90 Å². The summed E-state index contributed by atoms with van der Waals surface area (Å²) in [6.45, 7) is 4.37. The molecule has 4 saturated carbocycles. The van der Waals surface area contributed by atoms with E-state index in [1.807, 2.05) is 31.0 Å². The van der Waals surface area contributed by atoms with E-state index in [4.69, 9.17) is 5.26 Å². The molecule has 1 aromatic rings. The van der Waals surface area contributed by atoms with Crippen LogP contribution in [0.3, 0.4) is 0 Å². The maximum absolute atomic E-state index is 13.8. The van der Waals surface area contributed by atoms with Gasteiger partial charge in [-0.15, -0.1) is 0 Å². The fourth-order valence-corrected chi connectivity index (χ4v) is 9.05. The summed E-state index contributed by atoms with van der Waals surface area (Å²) in [6, 6.07) is 9.55. The van der Waals surface area contributed by atoms with Crippen LogP contribution in [0.15, 0.2) is 24.3 Å². The molecule has 5 rings (SSSR count). The minimum Gasteiger partial charge on any atom is -0.339 e. The van der Waals surface area contributed by atoms with Crippen molar-refractivity contribution in [2.24, 2.45) is 46.8 Å². The van der Waals surface area contributed by atoms with Gasteiger partial charge in [-0.3, -0.25) is 4.79 Å². The molecule has 0 heterocycles. The number of carbonyl (C=O) groups is 1. The second kappa shape index (κ2) is 9.37. The highest BCUT2D eigenvalue weighted by molar-refractivity contribution is 5.80. The van der Waals surface area contributed by atoms with Crippen LogP contribution in [0, 0.1) is 58.2 Å². The SMILES string of the molecule is C[C@H](c1ccc(C#N)cc1)N(C)C(=O)[C@H]1CCC2[C@@H]3CC[C@@H]4C[C@@H](C(F)(F)F)CC[C@@H]4C3CC[C@@]21C. The summed E-state index contributed by atoms with van der Waals surface area (Å²) in [4.78, 5) is 15.7. The van der Waals surface area contributed by atoms with Crippen LogP contribution < -0.4 is 0 Å². The van der Waals surface area contributed by atoms with Crippen molar-refractivity contribution in [2.75, 3.05) is 7.05 Å². The first-order chi connectivity index (χ1) is 17.0. The number of nitriles is 1. The maximum atomic E-state index is 13.8. The second-order valence-corrected chi connectivity index (χ2v) is 12.5. The summed E-state index contributed by atoms with van der Waals surface area (Å²) in [6.07, 6.45) is 3.34. The molecule has 0 bridgehead atoms. The first kappa shape index (κ1) is 25.6. The predicted molar refractivity (Wildman–Crippen MR) is 132 cm³/mol. The van der Waals surface area contributed by atoms with Crippen molar-refractivity contribution in [3.8, 4) is 6.07 Å². The van der Waals surface area contributed by atoms with Gasteiger partial charge in [0.15, 0.2) is 0 Å². The van der Waals surface area contributed by atoms with Gasteiger partial charge in [-0.05, 0) is 117 Å². The second-order valence-electron chi connectivity index (χ2n) is 12.5. The lowest BCUT2D eigenvalue weighted by Gasteiger charge is -2.56. The molecule has 0 aliphatic heterocycles. The molecule has 4 fully saturated rings. The Morgan fingerprint density at radius 2 is 1.72 bits per heavy atom. The number of fused-ring (bicyclic) bond motifs is 5. The number of hydrogen-bond acceptors (Lipinski definition) is 2. The summed E-state index contributed by atoms with van der Waals surface area (Å²) in [5, 5.41) is 9.08. The fourth-order valence-electron chi connectivity index (χ4n) is 9.05. The van der Waals surface area contributed by atoms with Gasteiger partial charge in [0, 0.05) is 13.0 Å². The van der Waals surface area contributed by atoms with Crippen molar-refractivity contribution in [3.05, 3.63) is 35.4 Å². The van der Waals surface area contributed by atoms with Crippen LogP contribution >= 0.6 is 0 Å². The van der Waals surface area contributed by atoms with E-state index in [0.717, 1.165) is 50.5 Å². The predicted octanol–water partition coefficient (Wildman–Crippen LogP) is 7.52. The molecule has 4 aliphatic carbocycles. The van der Waals surface area contributed by atoms with E-state index in [9.17, 15) is 18.0 Å². The Hall–Kier alpha value is -2.03. The van der Waals surface area contributed by atoms with Gasteiger partial charge in [-0.25, -0.2) is 0 Å². The van der Waals surface area contributed by atoms with Gasteiger partial charge in [-0.1, -0.05) is 19.1 Å². The molecular weight excluding hydrogens is 461 g/mol. The molecular formula is C30H39F3N2O. The molecule has 1 amide bonds. The van der Waals surface area contributed by atoms with Crippen molar-refractivity contribution in [1.29, 1.82) is 5.26 Å². The van der Waals surface area contributed by atoms with Crippen molar-refractivity contribution in [3.63, 3.8) is 0 Å². The Kier molecular flexibility index (Phi) is 6.67. The maximum Gasteiger partial charge on any atom is 0.391 e. The number of benzene rings is 1. The Morgan fingerprint density at radius 3 is 2.39 bits per heavy atom. The van der Waals surface area contributed by atoms with Crippen LogP contribution in [0.25, 0.3) is 0 Å². The van der Waals surface area contributed by atoms with Gasteiger partial charge in [0.2, 0.25) is 5.91 Å². The summed E-state index contributed by atoms with van der Waals surface area (Å²) in [5.74, 6) is 1.40. The molecule has 196 valence electrons. The van der Waals surface area contributed by atoms with E-state index >= 15 is 0 Å². The Bertz CT molecular complexity index is 1010. The minimum absolute atomic E-state index is 0.00738.